The molecule has 6 aromatic carbocycles. The molecule has 3 aromatic heterocycles. The minimum absolute atomic E-state index is 1.10. The van der Waals surface area contributed by atoms with Gasteiger partial charge in [-0.25, -0.2) is 0 Å². The van der Waals surface area contributed by atoms with E-state index in [9.17, 15) is 0 Å². The molecule has 3 heterocycles. The highest BCUT2D eigenvalue weighted by molar-refractivity contribution is 6.10. The molecule has 0 fully saturated rings. The summed E-state index contributed by atoms with van der Waals surface area (Å²) in [4.78, 5) is 11.4. The van der Waals surface area contributed by atoms with Gasteiger partial charge in [-0.1, -0.05) is 103 Å². The van der Waals surface area contributed by atoms with Crippen LogP contribution in [-0.2, 0) is 0 Å². The van der Waals surface area contributed by atoms with Crippen molar-refractivity contribution >= 4 is 38.9 Å². The van der Waals surface area contributed by atoms with E-state index in [-0.39, 0.29) is 0 Å². The molecule has 9 aromatic rings. The highest BCUT2D eigenvalue weighted by Crippen LogP contribution is 2.39. The van der Waals surface area contributed by atoms with Gasteiger partial charge >= 0.3 is 0 Å². The molecule has 0 aliphatic rings. The number of benzene rings is 6. The Balaban J connectivity index is 1.06. The summed E-state index contributed by atoms with van der Waals surface area (Å²) >= 11 is 0. The Kier molecular flexibility index (Phi) is 7.45. The van der Waals surface area contributed by atoms with E-state index in [1.54, 1.807) is 0 Å². The normalized spacial score (nSPS) is 11.2. The molecule has 0 radical (unpaired) electrons. The SMILES string of the molecule is c1ccc(-c2cncc(-c3ccc(-c4ccc(-n5c6ccncc6c6cc(N(c7ccccc7)c7ccccc7)ccc65)cc4)cc3)c2)cc1. The Hall–Kier alpha value is -6.78. The summed E-state index contributed by atoms with van der Waals surface area (Å²) in [5.41, 5.74) is 13.6. The van der Waals surface area contributed by atoms with Crippen LogP contribution in [-0.4, -0.2) is 14.5 Å². The Bertz CT molecular complexity index is 2520. The van der Waals surface area contributed by atoms with Crippen molar-refractivity contribution in [2.24, 2.45) is 0 Å². The van der Waals surface area contributed by atoms with Crippen molar-refractivity contribution in [3.05, 3.63) is 195 Å². The van der Waals surface area contributed by atoms with Crippen LogP contribution in [0.2, 0.25) is 0 Å². The second-order valence-corrected chi connectivity index (χ2v) is 12.4. The molecule has 9 rings (SSSR count). The van der Waals surface area contributed by atoms with Gasteiger partial charge in [-0.15, -0.1) is 0 Å². The summed E-state index contributed by atoms with van der Waals surface area (Å²) in [6.45, 7) is 0. The molecule has 50 heavy (non-hydrogen) atoms. The van der Waals surface area contributed by atoms with Crippen LogP contribution in [0.4, 0.5) is 17.1 Å². The summed E-state index contributed by atoms with van der Waals surface area (Å²) in [7, 11) is 0. The van der Waals surface area contributed by atoms with Crippen molar-refractivity contribution in [2.75, 3.05) is 4.90 Å². The average molecular weight is 641 g/mol. The number of nitrogens with zero attached hydrogens (tertiary/aromatic N) is 4. The number of anilines is 3. The van der Waals surface area contributed by atoms with Gasteiger partial charge in [-0.05, 0) is 89.0 Å². The monoisotopic (exact) mass is 640 g/mol. The molecule has 0 saturated heterocycles. The summed E-state index contributed by atoms with van der Waals surface area (Å²) in [5.74, 6) is 0. The maximum atomic E-state index is 4.53. The Morgan fingerprint density at radius 2 is 0.880 bits per heavy atom. The highest BCUT2D eigenvalue weighted by atomic mass is 15.1. The van der Waals surface area contributed by atoms with Crippen molar-refractivity contribution in [1.82, 2.24) is 14.5 Å². The number of rotatable bonds is 7. The van der Waals surface area contributed by atoms with Crippen LogP contribution in [0.25, 0.3) is 60.9 Å². The van der Waals surface area contributed by atoms with Crippen molar-refractivity contribution in [3.8, 4) is 39.1 Å². The predicted octanol–water partition coefficient (Wildman–Crippen LogP) is 12.0. The Morgan fingerprint density at radius 1 is 0.360 bits per heavy atom. The molecule has 0 N–H and O–H groups in total. The predicted molar refractivity (Wildman–Crippen MR) is 207 cm³/mol. The van der Waals surface area contributed by atoms with E-state index in [1.165, 1.54) is 16.7 Å². The molecule has 0 unspecified atom stereocenters. The van der Waals surface area contributed by atoms with E-state index in [4.69, 9.17) is 0 Å². The van der Waals surface area contributed by atoms with Crippen LogP contribution in [0, 0.1) is 0 Å². The van der Waals surface area contributed by atoms with Gasteiger partial charge < -0.3 is 9.47 Å². The van der Waals surface area contributed by atoms with Gasteiger partial charge in [0.05, 0.1) is 11.0 Å². The average Bonchev–Trinajstić information content (AvgIpc) is 3.53. The zero-order chi connectivity index (χ0) is 33.3. The number of aromatic nitrogens is 3. The summed E-state index contributed by atoms with van der Waals surface area (Å²) in [6, 6.07) is 60.1. The van der Waals surface area contributed by atoms with E-state index < -0.39 is 0 Å². The molecule has 0 spiro atoms. The van der Waals surface area contributed by atoms with Crippen molar-refractivity contribution < 1.29 is 0 Å². The van der Waals surface area contributed by atoms with E-state index in [0.717, 1.165) is 61.2 Å². The largest absolute Gasteiger partial charge is 0.310 e. The first-order valence-corrected chi connectivity index (χ1v) is 16.8. The van der Waals surface area contributed by atoms with E-state index in [0.29, 0.717) is 0 Å². The molecular weight excluding hydrogens is 609 g/mol. The standard InChI is InChI=1S/C46H32N4/c1-4-10-33(11-5-1)37-28-38(31-48-30-37)36-18-16-34(17-19-36)35-20-22-41(23-21-35)50-45-25-24-42(29-43(45)44-32-47-27-26-46(44)50)49(39-12-6-2-7-13-39)40-14-8-3-9-15-40/h1-32H. The van der Waals surface area contributed by atoms with Gasteiger partial charge in [0.1, 0.15) is 0 Å². The lowest BCUT2D eigenvalue weighted by Gasteiger charge is -2.25. The van der Waals surface area contributed by atoms with Crippen molar-refractivity contribution in [1.29, 1.82) is 0 Å². The number of fused-ring (bicyclic) bond motifs is 3. The first-order chi connectivity index (χ1) is 24.8. The first kappa shape index (κ1) is 29.4. The molecule has 0 atom stereocenters. The number of para-hydroxylation sites is 2. The molecule has 0 aliphatic heterocycles. The van der Waals surface area contributed by atoms with Gasteiger partial charge in [0, 0.05) is 69.4 Å². The molecule has 0 amide bonds. The lowest BCUT2D eigenvalue weighted by molar-refractivity contribution is 1.17. The van der Waals surface area contributed by atoms with Crippen LogP contribution in [0.3, 0.4) is 0 Å². The van der Waals surface area contributed by atoms with Gasteiger partial charge in [-0.2, -0.15) is 0 Å². The number of hydrogen-bond donors (Lipinski definition) is 0. The summed E-state index contributed by atoms with van der Waals surface area (Å²) < 4.78 is 2.34. The highest BCUT2D eigenvalue weighted by Gasteiger charge is 2.17. The summed E-state index contributed by atoms with van der Waals surface area (Å²) in [5, 5.41) is 2.28. The third-order valence-electron chi connectivity index (χ3n) is 9.36. The van der Waals surface area contributed by atoms with E-state index >= 15 is 0 Å². The smallest absolute Gasteiger partial charge is 0.0571 e. The van der Waals surface area contributed by atoms with Crippen LogP contribution in [0.5, 0.6) is 0 Å². The van der Waals surface area contributed by atoms with Crippen LogP contribution >= 0.6 is 0 Å². The fourth-order valence-corrected chi connectivity index (χ4v) is 6.92. The third-order valence-corrected chi connectivity index (χ3v) is 9.36. The zero-order valence-corrected chi connectivity index (χ0v) is 27.3. The van der Waals surface area contributed by atoms with Gasteiger partial charge in [0.15, 0.2) is 0 Å². The first-order valence-electron chi connectivity index (χ1n) is 16.8. The maximum Gasteiger partial charge on any atom is 0.0571 e. The molecule has 4 nitrogen and oxygen atoms in total. The fraction of sp³-hybridized carbons (Fsp3) is 0. The molecular formula is C46H32N4. The number of pyridine rings is 2. The molecule has 0 bridgehead atoms. The minimum Gasteiger partial charge on any atom is -0.310 e. The lowest BCUT2D eigenvalue weighted by Crippen LogP contribution is -2.09. The maximum absolute atomic E-state index is 4.53. The topological polar surface area (TPSA) is 34.0 Å². The van der Waals surface area contributed by atoms with Gasteiger partial charge in [0.25, 0.3) is 0 Å². The van der Waals surface area contributed by atoms with Gasteiger partial charge in [0.2, 0.25) is 0 Å². The molecule has 0 aliphatic carbocycles. The molecule has 4 heteroatoms. The fourth-order valence-electron chi connectivity index (χ4n) is 6.92. The second-order valence-electron chi connectivity index (χ2n) is 12.4. The van der Waals surface area contributed by atoms with E-state index in [1.807, 2.05) is 30.9 Å². The molecule has 0 saturated carbocycles. The summed E-state index contributed by atoms with van der Waals surface area (Å²) in [6.07, 6.45) is 7.71. The third kappa shape index (κ3) is 5.39. The van der Waals surface area contributed by atoms with Crippen molar-refractivity contribution in [2.45, 2.75) is 0 Å². The zero-order valence-electron chi connectivity index (χ0n) is 27.3. The Labute approximate surface area is 291 Å². The molecule has 236 valence electrons. The van der Waals surface area contributed by atoms with Crippen LogP contribution in [0.1, 0.15) is 0 Å². The van der Waals surface area contributed by atoms with E-state index in [2.05, 4.69) is 183 Å². The van der Waals surface area contributed by atoms with Crippen LogP contribution < -0.4 is 4.90 Å². The lowest BCUT2D eigenvalue weighted by atomic mass is 9.99. The van der Waals surface area contributed by atoms with Crippen LogP contribution in [0.15, 0.2) is 195 Å². The minimum atomic E-state index is 1.10. The number of hydrogen-bond acceptors (Lipinski definition) is 3. The Morgan fingerprint density at radius 3 is 1.50 bits per heavy atom. The van der Waals surface area contributed by atoms with Crippen molar-refractivity contribution in [3.63, 3.8) is 0 Å². The quantitative estimate of drug-likeness (QED) is 0.174. The van der Waals surface area contributed by atoms with Gasteiger partial charge in [-0.3, -0.25) is 9.97 Å². The second kappa shape index (κ2) is 12.7.